The van der Waals surface area contributed by atoms with Crippen LogP contribution in [-0.4, -0.2) is 9.97 Å². The van der Waals surface area contributed by atoms with Gasteiger partial charge in [0.2, 0.25) is 0 Å². The van der Waals surface area contributed by atoms with Gasteiger partial charge in [-0.05, 0) is 39.2 Å². The summed E-state index contributed by atoms with van der Waals surface area (Å²) in [4.78, 5) is 8.77. The Morgan fingerprint density at radius 2 is 1.95 bits per heavy atom. The van der Waals surface area contributed by atoms with Crippen molar-refractivity contribution in [1.29, 1.82) is 0 Å². The van der Waals surface area contributed by atoms with Gasteiger partial charge in [0, 0.05) is 29.3 Å². The lowest BCUT2D eigenvalue weighted by atomic mass is 10.1. The fourth-order valence-electron chi connectivity index (χ4n) is 2.17. The van der Waals surface area contributed by atoms with E-state index in [2.05, 4.69) is 43.3 Å². The first-order valence-electron chi connectivity index (χ1n) is 6.54. The normalized spacial score (nSPS) is 10.8. The smallest absolute Gasteiger partial charge is 0.112 e. The van der Waals surface area contributed by atoms with E-state index in [1.54, 1.807) is 12.4 Å². The third-order valence-electron chi connectivity index (χ3n) is 3.17. The average Bonchev–Trinajstić information content (AvgIpc) is 2.52. The molecule has 0 aliphatic rings. The molecule has 0 fully saturated rings. The third kappa shape index (κ3) is 3.34. The van der Waals surface area contributed by atoms with Crippen molar-refractivity contribution in [3.63, 3.8) is 0 Å². The maximum absolute atomic E-state index is 5.87. The largest absolute Gasteiger partial charge is 0.379 e. The Balaban J connectivity index is 1.84. The van der Waals surface area contributed by atoms with Crippen molar-refractivity contribution in [1.82, 2.24) is 9.97 Å². The van der Waals surface area contributed by atoms with Crippen molar-refractivity contribution >= 4 is 44.3 Å². The molecule has 0 atom stereocenters. The van der Waals surface area contributed by atoms with E-state index < -0.39 is 0 Å². The van der Waals surface area contributed by atoms with Gasteiger partial charge in [0.05, 0.1) is 11.2 Å². The van der Waals surface area contributed by atoms with E-state index >= 15 is 0 Å². The van der Waals surface area contributed by atoms with E-state index in [0.29, 0.717) is 5.88 Å². The zero-order valence-corrected chi connectivity index (χ0v) is 13.5. The van der Waals surface area contributed by atoms with Gasteiger partial charge in [0.15, 0.2) is 0 Å². The number of alkyl halides is 1. The summed E-state index contributed by atoms with van der Waals surface area (Å²) in [5.74, 6) is 0.529. The van der Waals surface area contributed by atoms with Crippen LogP contribution in [0.1, 0.15) is 11.1 Å². The Morgan fingerprint density at radius 1 is 1.10 bits per heavy atom. The molecule has 106 valence electrons. The Hall–Kier alpha value is -1.65. The lowest BCUT2D eigenvalue weighted by Crippen LogP contribution is -2.01. The first kappa shape index (κ1) is 14.3. The lowest BCUT2D eigenvalue weighted by Gasteiger charge is -2.09. The van der Waals surface area contributed by atoms with Gasteiger partial charge in [-0.1, -0.05) is 24.3 Å². The summed E-state index contributed by atoms with van der Waals surface area (Å²) in [5, 5.41) is 3.41. The van der Waals surface area contributed by atoms with Crippen LogP contribution in [0.15, 0.2) is 53.3 Å². The number of halogens is 2. The molecule has 0 spiro atoms. The lowest BCUT2D eigenvalue weighted by molar-refractivity contribution is 1.13. The molecule has 0 saturated carbocycles. The molecule has 0 bridgehead atoms. The van der Waals surface area contributed by atoms with Crippen LogP contribution in [-0.2, 0) is 12.4 Å². The van der Waals surface area contributed by atoms with Crippen molar-refractivity contribution in [2.75, 3.05) is 5.32 Å². The number of aromatic nitrogens is 2. The highest BCUT2D eigenvalue weighted by atomic mass is 79.9. The minimum Gasteiger partial charge on any atom is -0.379 e. The first-order valence-corrected chi connectivity index (χ1v) is 7.87. The van der Waals surface area contributed by atoms with Crippen LogP contribution < -0.4 is 5.32 Å². The Morgan fingerprint density at radius 3 is 2.81 bits per heavy atom. The molecule has 21 heavy (non-hydrogen) atoms. The van der Waals surface area contributed by atoms with E-state index in [9.17, 15) is 0 Å². The van der Waals surface area contributed by atoms with Crippen LogP contribution in [0.5, 0.6) is 0 Å². The highest BCUT2D eigenvalue weighted by Gasteiger charge is 2.04. The molecule has 0 aliphatic heterocycles. The summed E-state index contributed by atoms with van der Waals surface area (Å²) >= 11 is 9.28. The predicted molar refractivity (Wildman–Crippen MR) is 90.6 cm³/mol. The number of nitrogens with one attached hydrogen (secondary N) is 1. The topological polar surface area (TPSA) is 37.8 Å². The molecule has 2 heterocycles. The molecular formula is C16H13BrClN3. The van der Waals surface area contributed by atoms with Crippen LogP contribution in [0.4, 0.5) is 5.69 Å². The second kappa shape index (κ2) is 6.41. The van der Waals surface area contributed by atoms with Gasteiger partial charge < -0.3 is 5.32 Å². The van der Waals surface area contributed by atoms with Gasteiger partial charge >= 0.3 is 0 Å². The number of pyridine rings is 2. The zero-order valence-electron chi connectivity index (χ0n) is 11.2. The second-order valence-electron chi connectivity index (χ2n) is 4.69. The predicted octanol–water partition coefficient (Wildman–Crippen LogP) is 4.74. The van der Waals surface area contributed by atoms with Gasteiger partial charge in [0.25, 0.3) is 0 Å². The maximum Gasteiger partial charge on any atom is 0.112 e. The first-order chi connectivity index (χ1) is 10.3. The monoisotopic (exact) mass is 361 g/mol. The van der Waals surface area contributed by atoms with Crippen molar-refractivity contribution in [3.8, 4) is 0 Å². The molecule has 1 N–H and O–H groups in total. The van der Waals surface area contributed by atoms with E-state index in [0.717, 1.165) is 33.3 Å². The second-order valence-corrected chi connectivity index (χ2v) is 5.87. The Bertz CT molecular complexity index is 776. The standard InChI is InChI=1S/C16H13BrClN3/c17-13-7-15-16(21-10-13)14(4-5-19-15)20-9-12-3-1-2-11(6-12)8-18/h1-7,10H,8-9H2,(H,19,20). The molecule has 5 heteroatoms. The number of benzene rings is 1. The molecule has 0 aliphatic carbocycles. The Labute approximate surface area is 136 Å². The molecule has 3 rings (SSSR count). The van der Waals surface area contributed by atoms with Gasteiger partial charge in [-0.15, -0.1) is 11.6 Å². The highest BCUT2D eigenvalue weighted by molar-refractivity contribution is 9.10. The molecule has 0 amide bonds. The quantitative estimate of drug-likeness (QED) is 0.681. The molecular weight excluding hydrogens is 350 g/mol. The summed E-state index contributed by atoms with van der Waals surface area (Å²) in [6.45, 7) is 0.724. The zero-order chi connectivity index (χ0) is 14.7. The summed E-state index contributed by atoms with van der Waals surface area (Å²) in [6.07, 6.45) is 3.57. The number of nitrogens with zero attached hydrogens (tertiary/aromatic N) is 2. The summed E-state index contributed by atoms with van der Waals surface area (Å²) in [7, 11) is 0. The number of hydrogen-bond donors (Lipinski definition) is 1. The van der Waals surface area contributed by atoms with E-state index in [-0.39, 0.29) is 0 Å². The fourth-order valence-corrected chi connectivity index (χ4v) is 2.65. The van der Waals surface area contributed by atoms with Crippen molar-refractivity contribution in [3.05, 3.63) is 64.4 Å². The molecule has 0 radical (unpaired) electrons. The fraction of sp³-hybridized carbons (Fsp3) is 0.125. The number of rotatable bonds is 4. The molecule has 0 saturated heterocycles. The number of hydrogen-bond acceptors (Lipinski definition) is 3. The third-order valence-corrected chi connectivity index (χ3v) is 3.92. The van der Waals surface area contributed by atoms with Crippen molar-refractivity contribution in [2.45, 2.75) is 12.4 Å². The minimum atomic E-state index is 0.529. The molecule has 1 aromatic carbocycles. The highest BCUT2D eigenvalue weighted by Crippen LogP contribution is 2.22. The molecule has 2 aromatic heterocycles. The van der Waals surface area contributed by atoms with Crippen LogP contribution in [0.2, 0.25) is 0 Å². The van der Waals surface area contributed by atoms with Gasteiger partial charge in [-0.25, -0.2) is 0 Å². The van der Waals surface area contributed by atoms with Crippen LogP contribution in [0.3, 0.4) is 0 Å². The van der Waals surface area contributed by atoms with Crippen LogP contribution in [0, 0.1) is 0 Å². The van der Waals surface area contributed by atoms with Gasteiger partial charge in [0.1, 0.15) is 5.52 Å². The van der Waals surface area contributed by atoms with Gasteiger partial charge in [-0.3, -0.25) is 9.97 Å². The summed E-state index contributed by atoms with van der Waals surface area (Å²) < 4.78 is 0.925. The van der Waals surface area contributed by atoms with Crippen LogP contribution >= 0.6 is 27.5 Å². The van der Waals surface area contributed by atoms with Gasteiger partial charge in [-0.2, -0.15) is 0 Å². The maximum atomic E-state index is 5.87. The summed E-state index contributed by atoms with van der Waals surface area (Å²) in [5.41, 5.74) is 5.02. The number of fused-ring (bicyclic) bond motifs is 1. The number of anilines is 1. The average molecular weight is 363 g/mol. The van der Waals surface area contributed by atoms with E-state index in [4.69, 9.17) is 11.6 Å². The van der Waals surface area contributed by atoms with Crippen LogP contribution in [0.25, 0.3) is 11.0 Å². The molecule has 3 nitrogen and oxygen atoms in total. The Kier molecular flexibility index (Phi) is 4.36. The minimum absolute atomic E-state index is 0.529. The van der Waals surface area contributed by atoms with Crippen molar-refractivity contribution < 1.29 is 0 Å². The van der Waals surface area contributed by atoms with Crippen molar-refractivity contribution in [2.24, 2.45) is 0 Å². The molecule has 0 unspecified atom stereocenters. The summed E-state index contributed by atoms with van der Waals surface area (Å²) in [6, 6.07) is 12.1. The van der Waals surface area contributed by atoms with E-state index in [1.165, 1.54) is 5.56 Å². The van der Waals surface area contributed by atoms with E-state index in [1.807, 2.05) is 24.3 Å². The SMILES string of the molecule is ClCc1cccc(CNc2ccnc3cc(Br)cnc23)c1. The molecule has 3 aromatic rings.